The molecule has 1 amide bonds. The molecular formula is C22H19ClN4O2. The number of hydrazone groups is 1. The average Bonchev–Trinajstić information content (AvgIpc) is 3.14. The molecule has 2 aromatic carbocycles. The van der Waals surface area contributed by atoms with Gasteiger partial charge in [-0.3, -0.25) is 14.7 Å². The van der Waals surface area contributed by atoms with Gasteiger partial charge in [-0.15, -0.1) is 0 Å². The van der Waals surface area contributed by atoms with E-state index in [2.05, 4.69) is 10.2 Å². The Morgan fingerprint density at radius 1 is 1.00 bits per heavy atom. The van der Waals surface area contributed by atoms with Crippen LogP contribution in [-0.4, -0.2) is 21.4 Å². The summed E-state index contributed by atoms with van der Waals surface area (Å²) in [6.07, 6.45) is 1.61. The number of anilines is 1. The van der Waals surface area contributed by atoms with E-state index in [9.17, 15) is 9.59 Å². The molecule has 146 valence electrons. The maximum atomic E-state index is 13.0. The molecule has 1 aromatic heterocycles. The Hall–Kier alpha value is -3.38. The van der Waals surface area contributed by atoms with Crippen LogP contribution in [0.25, 0.3) is 11.8 Å². The highest BCUT2D eigenvalue weighted by Crippen LogP contribution is 2.26. The van der Waals surface area contributed by atoms with Gasteiger partial charge in [-0.05, 0) is 62.7 Å². The van der Waals surface area contributed by atoms with Gasteiger partial charge in [-0.25, -0.2) is 4.68 Å². The van der Waals surface area contributed by atoms with Gasteiger partial charge in [0, 0.05) is 10.7 Å². The maximum Gasteiger partial charge on any atom is 0.280 e. The third kappa shape index (κ3) is 3.32. The van der Waals surface area contributed by atoms with Crippen LogP contribution in [0.1, 0.15) is 23.7 Å². The van der Waals surface area contributed by atoms with Crippen LogP contribution in [0, 0.1) is 13.8 Å². The molecule has 0 fully saturated rings. The second-order valence-corrected chi connectivity index (χ2v) is 7.35. The minimum atomic E-state index is -0.285. The first-order valence-corrected chi connectivity index (χ1v) is 9.49. The van der Waals surface area contributed by atoms with Crippen LogP contribution in [0.15, 0.2) is 64.0 Å². The lowest BCUT2D eigenvalue weighted by atomic mass is 10.1. The van der Waals surface area contributed by atoms with E-state index in [-0.39, 0.29) is 11.5 Å². The monoisotopic (exact) mass is 406 g/mol. The first-order valence-electron chi connectivity index (χ1n) is 9.11. The Kier molecular flexibility index (Phi) is 4.72. The van der Waals surface area contributed by atoms with Crippen LogP contribution in [0.5, 0.6) is 0 Å². The Balaban J connectivity index is 1.75. The molecular weight excluding hydrogens is 388 g/mol. The van der Waals surface area contributed by atoms with Crippen LogP contribution in [0.2, 0.25) is 5.02 Å². The summed E-state index contributed by atoms with van der Waals surface area (Å²) >= 11 is 5.93. The summed E-state index contributed by atoms with van der Waals surface area (Å²) in [6.45, 7) is 5.50. The van der Waals surface area contributed by atoms with Gasteiger partial charge in [-0.1, -0.05) is 29.8 Å². The zero-order valence-electron chi connectivity index (χ0n) is 16.2. The van der Waals surface area contributed by atoms with Crippen LogP contribution >= 0.6 is 11.6 Å². The van der Waals surface area contributed by atoms with Crippen LogP contribution in [0.4, 0.5) is 5.69 Å². The Labute approximate surface area is 172 Å². The van der Waals surface area contributed by atoms with E-state index >= 15 is 0 Å². The van der Waals surface area contributed by atoms with Crippen molar-refractivity contribution in [2.45, 2.75) is 20.8 Å². The number of aryl methyl sites for hydroxylation is 2. The topological polar surface area (TPSA) is 70.5 Å². The summed E-state index contributed by atoms with van der Waals surface area (Å²) in [5.74, 6) is -0.285. The van der Waals surface area contributed by atoms with Gasteiger partial charge in [-0.2, -0.15) is 10.1 Å². The Bertz CT molecular complexity index is 1230. The zero-order chi connectivity index (χ0) is 20.7. The van der Waals surface area contributed by atoms with E-state index in [0.29, 0.717) is 33.3 Å². The minimum Gasteiger partial charge on any atom is -0.295 e. The smallest absolute Gasteiger partial charge is 0.280 e. The molecule has 0 radical (unpaired) electrons. The molecule has 3 aromatic rings. The van der Waals surface area contributed by atoms with E-state index in [1.165, 1.54) is 9.69 Å². The van der Waals surface area contributed by atoms with E-state index in [0.717, 1.165) is 11.3 Å². The van der Waals surface area contributed by atoms with Crippen molar-refractivity contribution >= 4 is 35.0 Å². The summed E-state index contributed by atoms with van der Waals surface area (Å²) in [5, 5.41) is 9.36. The van der Waals surface area contributed by atoms with Crippen LogP contribution < -0.4 is 10.6 Å². The van der Waals surface area contributed by atoms with Crippen LogP contribution in [0.3, 0.4) is 0 Å². The summed E-state index contributed by atoms with van der Waals surface area (Å²) in [5.41, 5.74) is 4.19. The maximum absolute atomic E-state index is 13.0. The molecule has 29 heavy (non-hydrogen) atoms. The van der Waals surface area contributed by atoms with Crippen molar-refractivity contribution in [2.24, 2.45) is 5.10 Å². The standard InChI is InChI=1S/C22H19ClN4O2/c1-13-6-4-5-7-20(13)27-22(29)19(15(3)25-27)12-18-14(2)24-26(21(18)28)17-10-8-16(23)9-11-17/h4-12,25H,1-3H3. The lowest BCUT2D eigenvalue weighted by Crippen LogP contribution is -2.22. The number of nitrogens with one attached hydrogen (secondary N) is 1. The van der Waals surface area contributed by atoms with Gasteiger partial charge in [0.15, 0.2) is 0 Å². The molecule has 1 aliphatic heterocycles. The number of aromatic amines is 1. The lowest BCUT2D eigenvalue weighted by Gasteiger charge is -2.11. The second kappa shape index (κ2) is 7.22. The van der Waals surface area contributed by atoms with Gasteiger partial charge in [0.05, 0.1) is 28.2 Å². The van der Waals surface area contributed by atoms with Crippen molar-refractivity contribution in [1.29, 1.82) is 0 Å². The lowest BCUT2D eigenvalue weighted by molar-refractivity contribution is -0.114. The summed E-state index contributed by atoms with van der Waals surface area (Å²) < 4.78 is 1.50. The van der Waals surface area contributed by atoms with Gasteiger partial charge in [0.2, 0.25) is 0 Å². The van der Waals surface area contributed by atoms with Crippen molar-refractivity contribution in [2.75, 3.05) is 5.01 Å². The van der Waals surface area contributed by atoms with Crippen molar-refractivity contribution in [3.8, 4) is 5.69 Å². The molecule has 1 aliphatic rings. The van der Waals surface area contributed by atoms with Crippen molar-refractivity contribution in [3.63, 3.8) is 0 Å². The molecule has 0 spiro atoms. The van der Waals surface area contributed by atoms with E-state index in [1.807, 2.05) is 38.1 Å². The number of aromatic nitrogens is 2. The molecule has 0 aliphatic carbocycles. The highest BCUT2D eigenvalue weighted by molar-refractivity contribution is 6.32. The number of H-pyrrole nitrogens is 1. The number of hydrogen-bond acceptors (Lipinski definition) is 3. The fourth-order valence-electron chi connectivity index (χ4n) is 3.30. The average molecular weight is 407 g/mol. The molecule has 1 N–H and O–H groups in total. The van der Waals surface area contributed by atoms with Crippen molar-refractivity contribution in [1.82, 2.24) is 9.78 Å². The number of hydrogen-bond donors (Lipinski definition) is 1. The number of halogens is 1. The van der Waals surface area contributed by atoms with Gasteiger partial charge < -0.3 is 0 Å². The predicted octanol–water partition coefficient (Wildman–Crippen LogP) is 4.24. The fourth-order valence-corrected chi connectivity index (χ4v) is 3.43. The largest absolute Gasteiger partial charge is 0.295 e. The van der Waals surface area contributed by atoms with Gasteiger partial charge in [0.1, 0.15) is 0 Å². The number of carbonyl (C=O) groups excluding carboxylic acids is 1. The summed E-state index contributed by atoms with van der Waals surface area (Å²) in [6, 6.07) is 14.5. The number of para-hydroxylation sites is 1. The van der Waals surface area contributed by atoms with E-state index < -0.39 is 0 Å². The van der Waals surface area contributed by atoms with Gasteiger partial charge in [0.25, 0.3) is 11.5 Å². The number of nitrogens with zero attached hydrogens (tertiary/aromatic N) is 3. The molecule has 0 saturated carbocycles. The highest BCUT2D eigenvalue weighted by Gasteiger charge is 2.29. The first kappa shape index (κ1) is 19.0. The number of rotatable bonds is 3. The molecule has 0 unspecified atom stereocenters. The number of benzene rings is 2. The second-order valence-electron chi connectivity index (χ2n) is 6.91. The SMILES string of the molecule is CC1=NN(c2ccc(Cl)cc2)C(=O)C1=Cc1c(C)[nH]n(-c2ccccc2C)c1=O. The predicted molar refractivity (Wildman–Crippen MR) is 116 cm³/mol. The number of carbonyl (C=O) groups is 1. The zero-order valence-corrected chi connectivity index (χ0v) is 17.0. The molecule has 4 rings (SSSR count). The Morgan fingerprint density at radius 3 is 2.38 bits per heavy atom. The minimum absolute atomic E-state index is 0.213. The molecule has 7 heteroatoms. The third-order valence-electron chi connectivity index (χ3n) is 4.90. The molecule has 2 heterocycles. The fraction of sp³-hybridized carbons (Fsp3) is 0.136. The van der Waals surface area contributed by atoms with E-state index in [1.54, 1.807) is 37.3 Å². The Morgan fingerprint density at radius 2 is 1.69 bits per heavy atom. The molecule has 0 saturated heterocycles. The highest BCUT2D eigenvalue weighted by atomic mass is 35.5. The molecule has 0 bridgehead atoms. The van der Waals surface area contributed by atoms with Gasteiger partial charge >= 0.3 is 0 Å². The van der Waals surface area contributed by atoms with Crippen molar-refractivity contribution < 1.29 is 4.79 Å². The van der Waals surface area contributed by atoms with Crippen molar-refractivity contribution in [3.05, 3.63) is 86.3 Å². The third-order valence-corrected chi connectivity index (χ3v) is 5.15. The summed E-state index contributed by atoms with van der Waals surface area (Å²) in [4.78, 5) is 26.0. The first-order chi connectivity index (χ1) is 13.9. The molecule has 6 nitrogen and oxygen atoms in total. The normalized spacial score (nSPS) is 15.3. The summed E-state index contributed by atoms with van der Waals surface area (Å²) in [7, 11) is 0. The van der Waals surface area contributed by atoms with E-state index in [4.69, 9.17) is 11.6 Å². The molecule has 0 atom stereocenters. The van der Waals surface area contributed by atoms with Crippen LogP contribution in [-0.2, 0) is 4.79 Å². The number of amides is 1. The quantitative estimate of drug-likeness (QED) is 0.661.